The lowest BCUT2D eigenvalue weighted by molar-refractivity contribution is 0.317. The van der Waals surface area contributed by atoms with Gasteiger partial charge in [0, 0.05) is 12.6 Å². The van der Waals surface area contributed by atoms with Crippen molar-refractivity contribution < 1.29 is 9.84 Å². The number of fused-ring (bicyclic) bond motifs is 3. The third-order valence-electron chi connectivity index (χ3n) is 6.02. The molecule has 3 atom stereocenters. The van der Waals surface area contributed by atoms with Crippen LogP contribution in [-0.4, -0.2) is 17.8 Å². The molecule has 0 spiro atoms. The maximum absolute atomic E-state index is 9.82. The van der Waals surface area contributed by atoms with Gasteiger partial charge in [-0.1, -0.05) is 25.1 Å². The molecule has 0 amide bonds. The first-order chi connectivity index (χ1) is 12.7. The quantitative estimate of drug-likeness (QED) is 0.807. The number of hydrogen-bond donors (Lipinski definition) is 2. The number of phenolic OH excluding ortho intramolecular Hbond substituents is 1. The molecular weight excluding hydrogens is 322 g/mol. The van der Waals surface area contributed by atoms with Crippen LogP contribution in [0, 0.1) is 11.8 Å². The van der Waals surface area contributed by atoms with Gasteiger partial charge in [0.05, 0.1) is 6.61 Å². The van der Waals surface area contributed by atoms with Crippen LogP contribution in [0.1, 0.15) is 42.9 Å². The van der Waals surface area contributed by atoms with E-state index in [0.717, 1.165) is 38.2 Å². The van der Waals surface area contributed by atoms with Crippen LogP contribution < -0.4 is 10.1 Å². The highest BCUT2D eigenvalue weighted by molar-refractivity contribution is 5.37. The average Bonchev–Trinajstić information content (AvgIpc) is 2.94. The van der Waals surface area contributed by atoms with Gasteiger partial charge in [-0.25, -0.2) is 0 Å². The van der Waals surface area contributed by atoms with Crippen LogP contribution >= 0.6 is 0 Å². The fourth-order valence-electron chi connectivity index (χ4n) is 4.69. The van der Waals surface area contributed by atoms with E-state index in [-0.39, 0.29) is 0 Å². The number of ether oxygens (including phenoxy) is 1. The summed E-state index contributed by atoms with van der Waals surface area (Å²) in [5.74, 6) is 2.74. The number of benzene rings is 2. The molecule has 1 saturated carbocycles. The zero-order valence-electron chi connectivity index (χ0n) is 15.6. The van der Waals surface area contributed by atoms with E-state index in [4.69, 9.17) is 4.74 Å². The van der Waals surface area contributed by atoms with Crippen LogP contribution in [0.15, 0.2) is 42.5 Å². The molecule has 3 nitrogen and oxygen atoms in total. The zero-order chi connectivity index (χ0) is 17.9. The average molecular weight is 351 g/mol. The van der Waals surface area contributed by atoms with Gasteiger partial charge in [0.1, 0.15) is 11.5 Å². The van der Waals surface area contributed by atoms with Crippen LogP contribution in [0.4, 0.5) is 0 Å². The summed E-state index contributed by atoms with van der Waals surface area (Å²) in [6.07, 6.45) is 5.86. The van der Waals surface area contributed by atoms with Crippen LogP contribution in [-0.2, 0) is 19.4 Å². The minimum absolute atomic E-state index is 0.399. The molecule has 4 rings (SSSR count). The number of hydrogen-bond acceptors (Lipinski definition) is 3. The third-order valence-corrected chi connectivity index (χ3v) is 6.02. The van der Waals surface area contributed by atoms with E-state index in [0.29, 0.717) is 23.6 Å². The van der Waals surface area contributed by atoms with Crippen molar-refractivity contribution in [3.8, 4) is 11.5 Å². The lowest BCUT2D eigenvalue weighted by Gasteiger charge is -2.24. The van der Waals surface area contributed by atoms with Gasteiger partial charge in [0.25, 0.3) is 0 Å². The van der Waals surface area contributed by atoms with Crippen LogP contribution in [0.2, 0.25) is 0 Å². The van der Waals surface area contributed by atoms with E-state index in [2.05, 4.69) is 42.6 Å². The van der Waals surface area contributed by atoms with E-state index in [9.17, 15) is 5.11 Å². The molecule has 0 radical (unpaired) electrons. The molecule has 2 aromatic rings. The van der Waals surface area contributed by atoms with E-state index in [1.165, 1.54) is 29.5 Å². The summed E-state index contributed by atoms with van der Waals surface area (Å²) in [5.41, 5.74) is 4.09. The van der Waals surface area contributed by atoms with Crippen molar-refractivity contribution in [1.29, 1.82) is 0 Å². The van der Waals surface area contributed by atoms with Crippen molar-refractivity contribution in [3.63, 3.8) is 0 Å². The minimum Gasteiger partial charge on any atom is -0.508 e. The summed E-state index contributed by atoms with van der Waals surface area (Å²) < 4.78 is 5.67. The Balaban J connectivity index is 1.40. The topological polar surface area (TPSA) is 41.5 Å². The second-order valence-corrected chi connectivity index (χ2v) is 7.86. The molecule has 26 heavy (non-hydrogen) atoms. The maximum Gasteiger partial charge on any atom is 0.119 e. The number of nitrogens with one attached hydrogen (secondary N) is 1. The van der Waals surface area contributed by atoms with Crippen molar-refractivity contribution in [2.75, 3.05) is 6.61 Å². The van der Waals surface area contributed by atoms with Gasteiger partial charge < -0.3 is 15.2 Å². The number of aromatic hydroxyl groups is 1. The van der Waals surface area contributed by atoms with Gasteiger partial charge in [-0.2, -0.15) is 0 Å². The van der Waals surface area contributed by atoms with E-state index in [1.54, 1.807) is 0 Å². The summed E-state index contributed by atoms with van der Waals surface area (Å²) in [7, 11) is 0. The maximum atomic E-state index is 9.82. The zero-order valence-corrected chi connectivity index (χ0v) is 15.6. The number of phenols is 1. The molecule has 0 heterocycles. The van der Waals surface area contributed by atoms with Gasteiger partial charge in [-0.3, -0.25) is 0 Å². The molecule has 2 N–H and O–H groups in total. The highest BCUT2D eigenvalue weighted by atomic mass is 16.5. The first-order valence-electron chi connectivity index (χ1n) is 9.99. The van der Waals surface area contributed by atoms with Gasteiger partial charge in [0.2, 0.25) is 0 Å². The second-order valence-electron chi connectivity index (χ2n) is 7.86. The van der Waals surface area contributed by atoms with Gasteiger partial charge in [-0.15, -0.1) is 0 Å². The molecule has 0 saturated heterocycles. The Morgan fingerprint density at radius 1 is 1.00 bits per heavy atom. The Morgan fingerprint density at radius 2 is 1.73 bits per heavy atom. The largest absolute Gasteiger partial charge is 0.508 e. The van der Waals surface area contributed by atoms with Crippen LogP contribution in [0.25, 0.3) is 0 Å². The van der Waals surface area contributed by atoms with E-state index < -0.39 is 0 Å². The predicted molar refractivity (Wildman–Crippen MR) is 105 cm³/mol. The van der Waals surface area contributed by atoms with Crippen molar-refractivity contribution >= 4 is 0 Å². The van der Waals surface area contributed by atoms with Crippen molar-refractivity contribution in [1.82, 2.24) is 5.32 Å². The second kappa shape index (κ2) is 7.71. The normalized spacial score (nSPS) is 24.1. The predicted octanol–water partition coefficient (Wildman–Crippen LogP) is 4.46. The SMILES string of the molecule is CCCOc1ccc(CNC2C3CCC2Cc2cc(O)ccc2C3)cc1. The standard InChI is InChI=1S/C23H29NO2/c1-2-11-26-22-9-3-16(4-10-22)15-24-23-18-5-6-19(23)13-20-14-21(25)8-7-17(20)12-18/h3-4,7-10,14,18-19,23-25H,2,5-6,11-13,15H2,1H3. The molecule has 3 heteroatoms. The highest BCUT2D eigenvalue weighted by Crippen LogP contribution is 2.40. The number of rotatable bonds is 6. The van der Waals surface area contributed by atoms with Crippen molar-refractivity contribution in [3.05, 3.63) is 59.2 Å². The summed E-state index contributed by atoms with van der Waals surface area (Å²) >= 11 is 0. The Morgan fingerprint density at radius 3 is 2.46 bits per heavy atom. The Bertz CT molecular complexity index is 740. The Kier molecular flexibility index (Phi) is 5.16. The molecule has 0 aromatic heterocycles. The lowest BCUT2D eigenvalue weighted by atomic mass is 9.93. The first kappa shape index (κ1) is 17.4. The van der Waals surface area contributed by atoms with E-state index in [1.807, 2.05) is 12.1 Å². The fraction of sp³-hybridized carbons (Fsp3) is 0.478. The summed E-state index contributed by atoms with van der Waals surface area (Å²) in [5, 5.41) is 13.7. The molecule has 2 aliphatic rings. The first-order valence-corrected chi connectivity index (χ1v) is 9.99. The molecule has 2 bridgehead atoms. The summed E-state index contributed by atoms with van der Waals surface area (Å²) in [6.45, 7) is 3.81. The van der Waals surface area contributed by atoms with Gasteiger partial charge >= 0.3 is 0 Å². The Labute approximate surface area is 156 Å². The van der Waals surface area contributed by atoms with Crippen molar-refractivity contribution in [2.45, 2.75) is 51.6 Å². The minimum atomic E-state index is 0.399. The van der Waals surface area contributed by atoms with Gasteiger partial charge in [0.15, 0.2) is 0 Å². The smallest absolute Gasteiger partial charge is 0.119 e. The molecule has 3 unspecified atom stereocenters. The Hall–Kier alpha value is -2.00. The van der Waals surface area contributed by atoms with Gasteiger partial charge in [-0.05, 0) is 84.9 Å². The van der Waals surface area contributed by atoms with Crippen LogP contribution in [0.5, 0.6) is 11.5 Å². The lowest BCUT2D eigenvalue weighted by Crippen LogP contribution is -2.37. The monoisotopic (exact) mass is 351 g/mol. The molecule has 138 valence electrons. The van der Waals surface area contributed by atoms with E-state index >= 15 is 0 Å². The summed E-state index contributed by atoms with van der Waals surface area (Å²) in [6, 6.07) is 15.0. The molecular formula is C23H29NO2. The third kappa shape index (κ3) is 3.73. The fourth-order valence-corrected chi connectivity index (χ4v) is 4.69. The molecule has 2 aliphatic carbocycles. The summed E-state index contributed by atoms with van der Waals surface area (Å²) in [4.78, 5) is 0. The molecule has 2 aromatic carbocycles. The van der Waals surface area contributed by atoms with Crippen LogP contribution in [0.3, 0.4) is 0 Å². The molecule has 0 aliphatic heterocycles. The highest BCUT2D eigenvalue weighted by Gasteiger charge is 2.38. The van der Waals surface area contributed by atoms with Crippen molar-refractivity contribution in [2.24, 2.45) is 11.8 Å². The molecule has 1 fully saturated rings.